The number of ether oxygens (including phenoxy) is 2. The van der Waals surface area contributed by atoms with Crippen molar-refractivity contribution in [2.24, 2.45) is 22.7 Å². The molecule has 2 aliphatic carbocycles. The molecule has 0 saturated heterocycles. The van der Waals surface area contributed by atoms with Crippen LogP contribution in [0, 0.1) is 45.3 Å². The number of hydrogen-bond acceptors (Lipinski definition) is 8. The van der Waals surface area contributed by atoms with E-state index in [-0.39, 0.29) is 38.5 Å². The van der Waals surface area contributed by atoms with Crippen molar-refractivity contribution >= 4 is 23.5 Å². The lowest BCUT2D eigenvalue weighted by Gasteiger charge is -2.32. The van der Waals surface area contributed by atoms with Crippen LogP contribution in [0.25, 0.3) is 0 Å². The highest BCUT2D eigenvalue weighted by atomic mass is 16.5. The minimum Gasteiger partial charge on any atom is -0.468 e. The number of carbonyl (C=O) groups excluding carboxylic acids is 4. The zero-order chi connectivity index (χ0) is 19.5. The van der Waals surface area contributed by atoms with Gasteiger partial charge >= 0.3 is 11.9 Å². The highest BCUT2D eigenvalue weighted by Crippen LogP contribution is 2.62. The molecule has 0 aromatic heterocycles. The third-order valence-corrected chi connectivity index (χ3v) is 5.92. The predicted molar refractivity (Wildman–Crippen MR) is 84.8 cm³/mol. The van der Waals surface area contributed by atoms with Crippen LogP contribution in [-0.4, -0.2) is 37.7 Å². The standard InChI is InChI=1S/C18H20N2O6/c1-25-15(23)17(5-3-7-19)11-9-14(22)18(6-4-8-20,16(24)26-2)12(11)10-13(17)21/h11-12H,3-6,9-10H2,1-2H3/t11-,12-,17-,18-/m0/s1. The van der Waals surface area contributed by atoms with Gasteiger partial charge in [-0.3, -0.25) is 19.2 Å². The first kappa shape index (κ1) is 19.6. The Hall–Kier alpha value is -2.74. The van der Waals surface area contributed by atoms with Crippen molar-refractivity contribution in [3.05, 3.63) is 0 Å². The molecule has 0 aliphatic heterocycles. The third kappa shape index (κ3) is 2.48. The Kier molecular flexibility index (Phi) is 5.46. The molecule has 2 rings (SSSR count). The average molecular weight is 360 g/mol. The van der Waals surface area contributed by atoms with Gasteiger partial charge in [-0.1, -0.05) is 0 Å². The Bertz CT molecular complexity index is 671. The molecule has 8 nitrogen and oxygen atoms in total. The van der Waals surface area contributed by atoms with Crippen LogP contribution < -0.4 is 0 Å². The number of nitrogens with zero attached hydrogens (tertiary/aromatic N) is 2. The average Bonchev–Trinajstić information content (AvgIpc) is 3.07. The Morgan fingerprint density at radius 3 is 1.54 bits per heavy atom. The molecule has 0 unspecified atom stereocenters. The molecule has 0 bridgehead atoms. The molecule has 4 atom stereocenters. The molecule has 0 heterocycles. The van der Waals surface area contributed by atoms with Gasteiger partial charge in [0.1, 0.15) is 10.8 Å². The SMILES string of the molecule is COC(=O)[C@]1(CCC#N)C(=O)C[C@H]2[C@@H]1CC(=O)[C@@]2(CCC#N)C(=O)OC. The summed E-state index contributed by atoms with van der Waals surface area (Å²) in [6.45, 7) is 0. The first-order valence-corrected chi connectivity index (χ1v) is 8.34. The quantitative estimate of drug-likeness (QED) is 0.507. The maximum atomic E-state index is 12.9. The van der Waals surface area contributed by atoms with E-state index in [0.29, 0.717) is 0 Å². The maximum Gasteiger partial charge on any atom is 0.319 e. The van der Waals surface area contributed by atoms with Crippen molar-refractivity contribution in [1.82, 2.24) is 0 Å². The van der Waals surface area contributed by atoms with Gasteiger partial charge in [-0.2, -0.15) is 10.5 Å². The Morgan fingerprint density at radius 2 is 1.27 bits per heavy atom. The number of Topliss-reactive ketones (excluding diaryl/α,β-unsaturated/α-hetero) is 2. The fraction of sp³-hybridized carbons (Fsp3) is 0.667. The molecule has 138 valence electrons. The number of fused-ring (bicyclic) bond motifs is 1. The van der Waals surface area contributed by atoms with Crippen molar-refractivity contribution < 1.29 is 28.7 Å². The van der Waals surface area contributed by atoms with E-state index in [4.69, 9.17) is 20.0 Å². The van der Waals surface area contributed by atoms with Crippen LogP contribution in [-0.2, 0) is 28.7 Å². The van der Waals surface area contributed by atoms with Crippen molar-refractivity contribution in [3.63, 3.8) is 0 Å². The summed E-state index contributed by atoms with van der Waals surface area (Å²) in [6.07, 6.45) is -0.532. The van der Waals surface area contributed by atoms with Gasteiger partial charge in [-0.05, 0) is 24.7 Å². The molecular formula is C18H20N2O6. The van der Waals surface area contributed by atoms with Crippen molar-refractivity contribution in [3.8, 4) is 12.1 Å². The smallest absolute Gasteiger partial charge is 0.319 e. The van der Waals surface area contributed by atoms with Crippen LogP contribution in [0.15, 0.2) is 0 Å². The Morgan fingerprint density at radius 1 is 0.923 bits per heavy atom. The number of carbonyl (C=O) groups is 4. The minimum atomic E-state index is -1.60. The zero-order valence-corrected chi connectivity index (χ0v) is 14.7. The lowest BCUT2D eigenvalue weighted by Crippen LogP contribution is -2.43. The van der Waals surface area contributed by atoms with Gasteiger partial charge in [0.2, 0.25) is 0 Å². The number of methoxy groups -OCH3 is 2. The Labute approximate surface area is 151 Å². The first-order chi connectivity index (χ1) is 12.4. The van der Waals surface area contributed by atoms with Crippen LogP contribution in [0.4, 0.5) is 0 Å². The molecule has 0 aromatic rings. The summed E-state index contributed by atoms with van der Waals surface area (Å²) in [4.78, 5) is 50.8. The fourth-order valence-electron chi connectivity index (χ4n) is 4.75. The summed E-state index contributed by atoms with van der Waals surface area (Å²) in [5.41, 5.74) is -3.21. The van der Waals surface area contributed by atoms with E-state index in [1.165, 1.54) is 0 Å². The van der Waals surface area contributed by atoms with E-state index in [2.05, 4.69) is 0 Å². The number of hydrogen-bond donors (Lipinski definition) is 0. The first-order valence-electron chi connectivity index (χ1n) is 8.34. The molecule has 0 amide bonds. The van der Waals surface area contributed by atoms with Gasteiger partial charge in [0.25, 0.3) is 0 Å². The predicted octanol–water partition coefficient (Wildman–Crippen LogP) is 1.09. The van der Waals surface area contributed by atoms with Crippen molar-refractivity contribution in [1.29, 1.82) is 10.5 Å². The van der Waals surface area contributed by atoms with Crippen LogP contribution in [0.3, 0.4) is 0 Å². The maximum absolute atomic E-state index is 12.9. The van der Waals surface area contributed by atoms with E-state index in [9.17, 15) is 19.2 Å². The van der Waals surface area contributed by atoms with E-state index >= 15 is 0 Å². The zero-order valence-electron chi connectivity index (χ0n) is 14.7. The Balaban J connectivity index is 2.57. The highest BCUT2D eigenvalue weighted by Gasteiger charge is 2.72. The van der Waals surface area contributed by atoms with Crippen LogP contribution in [0.2, 0.25) is 0 Å². The normalized spacial score (nSPS) is 32.5. The highest BCUT2D eigenvalue weighted by molar-refractivity contribution is 6.12. The molecule has 0 radical (unpaired) electrons. The molecule has 8 heteroatoms. The second-order valence-corrected chi connectivity index (χ2v) is 6.71. The fourth-order valence-corrected chi connectivity index (χ4v) is 4.75. The van der Waals surface area contributed by atoms with E-state index in [0.717, 1.165) is 14.2 Å². The van der Waals surface area contributed by atoms with Crippen molar-refractivity contribution in [2.75, 3.05) is 14.2 Å². The summed E-state index contributed by atoms with van der Waals surface area (Å²) in [5.74, 6) is -3.88. The topological polar surface area (TPSA) is 134 Å². The molecule has 2 fully saturated rings. The van der Waals surface area contributed by atoms with Gasteiger partial charge in [0.15, 0.2) is 11.6 Å². The number of esters is 2. The monoisotopic (exact) mass is 360 g/mol. The van der Waals surface area contributed by atoms with Crippen LogP contribution in [0.1, 0.15) is 38.5 Å². The van der Waals surface area contributed by atoms with Gasteiger partial charge in [-0.25, -0.2) is 0 Å². The second kappa shape index (κ2) is 7.25. The van der Waals surface area contributed by atoms with Gasteiger partial charge in [0.05, 0.1) is 26.4 Å². The molecule has 0 aromatic carbocycles. The lowest BCUT2D eigenvalue weighted by molar-refractivity contribution is -0.162. The van der Waals surface area contributed by atoms with E-state index in [1.54, 1.807) is 0 Å². The molecule has 26 heavy (non-hydrogen) atoms. The number of nitriles is 2. The summed E-state index contributed by atoms with van der Waals surface area (Å²) < 4.78 is 9.67. The summed E-state index contributed by atoms with van der Waals surface area (Å²) >= 11 is 0. The lowest BCUT2D eigenvalue weighted by atomic mass is 9.69. The number of rotatable bonds is 6. The third-order valence-electron chi connectivity index (χ3n) is 5.92. The second-order valence-electron chi connectivity index (χ2n) is 6.71. The van der Waals surface area contributed by atoms with E-state index < -0.39 is 46.2 Å². The molecule has 2 saturated carbocycles. The summed E-state index contributed by atoms with van der Waals surface area (Å²) in [6, 6.07) is 3.84. The summed E-state index contributed by atoms with van der Waals surface area (Å²) in [7, 11) is 2.30. The minimum absolute atomic E-state index is 0.0539. The number of ketones is 2. The van der Waals surface area contributed by atoms with Gasteiger partial charge < -0.3 is 9.47 Å². The van der Waals surface area contributed by atoms with E-state index in [1.807, 2.05) is 12.1 Å². The van der Waals surface area contributed by atoms with Gasteiger partial charge in [0, 0.05) is 25.7 Å². The largest absolute Gasteiger partial charge is 0.468 e. The molecule has 0 spiro atoms. The molecule has 0 N–H and O–H groups in total. The van der Waals surface area contributed by atoms with Gasteiger partial charge in [-0.15, -0.1) is 0 Å². The molecular weight excluding hydrogens is 340 g/mol. The van der Waals surface area contributed by atoms with Crippen molar-refractivity contribution in [2.45, 2.75) is 38.5 Å². The summed E-state index contributed by atoms with van der Waals surface area (Å²) in [5, 5.41) is 17.9. The van der Waals surface area contributed by atoms with Crippen LogP contribution >= 0.6 is 0 Å². The van der Waals surface area contributed by atoms with Crippen LogP contribution in [0.5, 0.6) is 0 Å². The molecule has 2 aliphatic rings.